The van der Waals surface area contributed by atoms with E-state index >= 15 is 0 Å². The van der Waals surface area contributed by atoms with Crippen molar-refractivity contribution in [1.82, 2.24) is 4.90 Å². The van der Waals surface area contributed by atoms with Gasteiger partial charge in [0.25, 0.3) is 0 Å². The van der Waals surface area contributed by atoms with Crippen LogP contribution in [0.1, 0.15) is 19.3 Å². The van der Waals surface area contributed by atoms with Gasteiger partial charge < -0.3 is 4.90 Å². The minimum atomic E-state index is 0.587. The fourth-order valence-electron chi connectivity index (χ4n) is 3.52. The highest BCUT2D eigenvalue weighted by molar-refractivity contribution is 7.58. The molecule has 0 aliphatic carbocycles. The number of nitrogens with zero attached hydrogens (tertiary/aromatic N) is 4. The smallest absolute Gasteiger partial charge is 0.131 e. The molecule has 1 atom stereocenters. The fourth-order valence-corrected chi connectivity index (χ4v) is 4.75. The quantitative estimate of drug-likeness (QED) is 0.769. The monoisotopic (exact) mass is 342 g/mol. The summed E-state index contributed by atoms with van der Waals surface area (Å²) < 4.78 is 8.73. The van der Waals surface area contributed by atoms with Crippen LogP contribution in [0.25, 0.3) is 0 Å². The van der Waals surface area contributed by atoms with Crippen LogP contribution in [0.5, 0.6) is 0 Å². The Morgan fingerprint density at radius 2 is 1.90 bits per heavy atom. The zero-order valence-corrected chi connectivity index (χ0v) is 13.9. The molecule has 2 fully saturated rings. The molecule has 0 bridgehead atoms. The van der Waals surface area contributed by atoms with Gasteiger partial charge in [-0.3, -0.25) is 4.90 Å². The van der Waals surface area contributed by atoms with E-state index in [9.17, 15) is 0 Å². The molecule has 1 aromatic rings. The topological polar surface area (TPSA) is 31.2 Å². The molecule has 3 heterocycles. The molecule has 0 saturated carbocycles. The molecule has 1 unspecified atom stereocenters. The van der Waals surface area contributed by atoms with E-state index in [-0.39, 0.29) is 0 Å². The second kappa shape index (κ2) is 5.54. The van der Waals surface area contributed by atoms with E-state index in [0.717, 1.165) is 36.7 Å². The van der Waals surface area contributed by atoms with Gasteiger partial charge in [0.05, 0.1) is 27.1 Å². The molecular formula is C14H16Cl2N4S. The third-order valence-electron chi connectivity index (χ3n) is 4.57. The van der Waals surface area contributed by atoms with Crippen molar-refractivity contribution in [2.45, 2.75) is 25.3 Å². The predicted octanol–water partition coefficient (Wildman–Crippen LogP) is 4.39. The second-order valence-electron chi connectivity index (χ2n) is 5.78. The van der Waals surface area contributed by atoms with Crippen molar-refractivity contribution in [3.05, 3.63) is 16.1 Å². The molecule has 3 aliphatic heterocycles. The Balaban J connectivity index is 1.68. The number of hydrogen-bond acceptors (Lipinski definition) is 4. The van der Waals surface area contributed by atoms with Crippen molar-refractivity contribution in [1.29, 1.82) is 0 Å². The number of anilines is 1. The normalized spacial score (nSPS) is 24.7. The highest BCUT2D eigenvalue weighted by Gasteiger charge is 2.32. The molecule has 7 heteroatoms. The van der Waals surface area contributed by atoms with Crippen LogP contribution in [0.2, 0.25) is 10.0 Å². The van der Waals surface area contributed by atoms with Gasteiger partial charge in [-0.2, -0.15) is 8.73 Å². The predicted molar refractivity (Wildman–Crippen MR) is 89.4 cm³/mol. The van der Waals surface area contributed by atoms with Gasteiger partial charge in [0.1, 0.15) is 11.4 Å². The van der Waals surface area contributed by atoms with Crippen LogP contribution in [-0.2, 0) is 11.4 Å². The SMILES string of the molecule is Clc1cc(Cl)c(N2CCN3CCCCC3C2)c2c1N=S=N2. The third kappa shape index (κ3) is 2.40. The van der Waals surface area contributed by atoms with Crippen LogP contribution in [0.4, 0.5) is 17.1 Å². The van der Waals surface area contributed by atoms with Crippen LogP contribution >= 0.6 is 23.2 Å². The van der Waals surface area contributed by atoms with Gasteiger partial charge in [-0.15, -0.1) is 0 Å². The number of piperazine rings is 1. The maximum atomic E-state index is 6.47. The van der Waals surface area contributed by atoms with Crippen molar-refractivity contribution >= 4 is 51.6 Å². The number of halogens is 2. The van der Waals surface area contributed by atoms with Crippen LogP contribution in [0.15, 0.2) is 14.8 Å². The molecule has 0 amide bonds. The van der Waals surface area contributed by atoms with Gasteiger partial charge in [-0.05, 0) is 25.5 Å². The van der Waals surface area contributed by atoms with Crippen molar-refractivity contribution in [2.75, 3.05) is 31.1 Å². The lowest BCUT2D eigenvalue weighted by molar-refractivity contribution is 0.133. The summed E-state index contributed by atoms with van der Waals surface area (Å²) in [7, 11) is 0. The minimum Gasteiger partial charge on any atom is -0.366 e. The Morgan fingerprint density at radius 1 is 1.05 bits per heavy atom. The first-order valence-corrected chi connectivity index (χ1v) is 8.82. The average molecular weight is 343 g/mol. The Hall–Kier alpha value is -0.620. The van der Waals surface area contributed by atoms with Crippen LogP contribution in [0, 0.1) is 0 Å². The third-order valence-corrected chi connectivity index (χ3v) is 5.68. The maximum absolute atomic E-state index is 6.47. The minimum absolute atomic E-state index is 0.587. The first-order chi connectivity index (χ1) is 10.2. The van der Waals surface area contributed by atoms with E-state index in [0.29, 0.717) is 16.1 Å². The van der Waals surface area contributed by atoms with Crippen LogP contribution in [-0.4, -0.2) is 37.1 Å². The van der Waals surface area contributed by atoms with E-state index in [4.69, 9.17) is 23.2 Å². The van der Waals surface area contributed by atoms with E-state index in [1.165, 1.54) is 37.2 Å². The van der Waals surface area contributed by atoms with Crippen molar-refractivity contribution in [3.8, 4) is 0 Å². The second-order valence-corrected chi connectivity index (χ2v) is 7.12. The summed E-state index contributed by atoms with van der Waals surface area (Å²) in [6.45, 7) is 4.35. The molecule has 4 rings (SSSR count). The highest BCUT2D eigenvalue weighted by atomic mass is 35.5. The molecule has 112 valence electrons. The Labute approximate surface area is 137 Å². The lowest BCUT2D eigenvalue weighted by Gasteiger charge is -2.45. The van der Waals surface area contributed by atoms with Gasteiger partial charge in [0.15, 0.2) is 0 Å². The number of piperidine rings is 1. The van der Waals surface area contributed by atoms with Crippen LogP contribution < -0.4 is 4.90 Å². The van der Waals surface area contributed by atoms with Crippen LogP contribution in [0.3, 0.4) is 0 Å². The molecule has 21 heavy (non-hydrogen) atoms. The molecule has 3 aliphatic rings. The largest absolute Gasteiger partial charge is 0.366 e. The number of rotatable bonds is 1. The zero-order valence-electron chi connectivity index (χ0n) is 11.6. The van der Waals surface area contributed by atoms with Crippen molar-refractivity contribution < 1.29 is 0 Å². The first-order valence-electron chi connectivity index (χ1n) is 7.33. The molecule has 0 spiro atoms. The Kier molecular flexibility index (Phi) is 3.69. The van der Waals surface area contributed by atoms with E-state index in [2.05, 4.69) is 18.5 Å². The van der Waals surface area contributed by atoms with Crippen molar-refractivity contribution in [2.24, 2.45) is 8.73 Å². The number of benzene rings is 1. The number of hydrogen-bond donors (Lipinski definition) is 0. The summed E-state index contributed by atoms with van der Waals surface area (Å²) in [5.41, 5.74) is 2.63. The molecule has 1 aromatic carbocycles. The Morgan fingerprint density at radius 3 is 2.81 bits per heavy atom. The fraction of sp³-hybridized carbons (Fsp3) is 0.571. The lowest BCUT2D eigenvalue weighted by Crippen LogP contribution is -2.55. The summed E-state index contributed by atoms with van der Waals surface area (Å²) in [4.78, 5) is 4.98. The van der Waals surface area contributed by atoms with E-state index in [1.54, 1.807) is 6.07 Å². The van der Waals surface area contributed by atoms with Crippen molar-refractivity contribution in [3.63, 3.8) is 0 Å². The molecular weight excluding hydrogens is 327 g/mol. The maximum Gasteiger partial charge on any atom is 0.131 e. The summed E-state index contributed by atoms with van der Waals surface area (Å²) in [5.74, 6) is 0. The van der Waals surface area contributed by atoms with Gasteiger partial charge in [-0.1, -0.05) is 29.6 Å². The molecule has 0 N–H and O–H groups in total. The Bertz CT molecular complexity index is 657. The highest BCUT2D eigenvalue weighted by Crippen LogP contribution is 2.49. The summed E-state index contributed by atoms with van der Waals surface area (Å²) in [6.07, 6.45) is 3.94. The number of fused-ring (bicyclic) bond motifs is 2. The zero-order chi connectivity index (χ0) is 14.4. The lowest BCUT2D eigenvalue weighted by atomic mass is 9.99. The molecule has 0 aromatic heterocycles. The summed E-state index contributed by atoms with van der Waals surface area (Å²) in [6, 6.07) is 2.44. The van der Waals surface area contributed by atoms with Gasteiger partial charge in [0.2, 0.25) is 0 Å². The van der Waals surface area contributed by atoms with E-state index < -0.39 is 0 Å². The summed E-state index contributed by atoms with van der Waals surface area (Å²) >= 11 is 13.9. The molecule has 4 nitrogen and oxygen atoms in total. The van der Waals surface area contributed by atoms with E-state index in [1.807, 2.05) is 0 Å². The summed E-state index contributed by atoms with van der Waals surface area (Å²) in [5, 5.41) is 1.27. The van der Waals surface area contributed by atoms with Gasteiger partial charge in [0, 0.05) is 25.7 Å². The first kappa shape index (κ1) is 14.0. The average Bonchev–Trinajstić information content (AvgIpc) is 2.97. The standard InChI is InChI=1S/C14H16Cl2N4S/c15-10-7-11(16)14(13-12(10)17-21-18-13)20-6-5-19-4-2-1-3-9(19)8-20/h7,9H,1-6,8H2. The van der Waals surface area contributed by atoms with Gasteiger partial charge >= 0.3 is 0 Å². The molecule has 0 radical (unpaired) electrons. The van der Waals surface area contributed by atoms with Gasteiger partial charge in [-0.25, -0.2) is 0 Å². The molecule has 2 saturated heterocycles.